The van der Waals surface area contributed by atoms with E-state index in [2.05, 4.69) is 10.3 Å². The lowest BCUT2D eigenvalue weighted by Crippen LogP contribution is -2.45. The number of para-hydroxylation sites is 1. The van der Waals surface area contributed by atoms with Crippen molar-refractivity contribution in [1.29, 1.82) is 0 Å². The molecule has 0 radical (unpaired) electrons. The van der Waals surface area contributed by atoms with E-state index >= 15 is 0 Å². The van der Waals surface area contributed by atoms with Crippen molar-refractivity contribution in [3.8, 4) is 0 Å². The van der Waals surface area contributed by atoms with Crippen molar-refractivity contribution < 1.29 is 14.0 Å². The zero-order chi connectivity index (χ0) is 19.4. The van der Waals surface area contributed by atoms with Crippen molar-refractivity contribution >= 4 is 51.7 Å². The summed E-state index contributed by atoms with van der Waals surface area (Å²) in [5, 5.41) is 2.80. The molecule has 1 fully saturated rings. The van der Waals surface area contributed by atoms with E-state index in [9.17, 15) is 14.0 Å². The van der Waals surface area contributed by atoms with Crippen LogP contribution in [0, 0.1) is 5.82 Å². The molecule has 1 N–H and O–H groups in total. The van der Waals surface area contributed by atoms with Gasteiger partial charge in [-0.3, -0.25) is 14.5 Å². The van der Waals surface area contributed by atoms with Crippen LogP contribution >= 0.6 is 23.4 Å². The molecule has 140 valence electrons. The molecule has 1 aliphatic rings. The van der Waals surface area contributed by atoms with Gasteiger partial charge in [0.25, 0.3) is 0 Å². The third kappa shape index (κ3) is 4.67. The van der Waals surface area contributed by atoms with Crippen LogP contribution in [0.15, 0.2) is 53.5 Å². The highest BCUT2D eigenvalue weighted by molar-refractivity contribution is 8.15. The Morgan fingerprint density at radius 1 is 1.33 bits per heavy atom. The average Bonchev–Trinajstić information content (AvgIpc) is 2.63. The largest absolute Gasteiger partial charge is 0.323 e. The molecule has 2 amide bonds. The number of hydrogen-bond donors (Lipinski definition) is 1. The fourth-order valence-electron chi connectivity index (χ4n) is 2.58. The van der Waals surface area contributed by atoms with Gasteiger partial charge in [0, 0.05) is 18.0 Å². The first-order chi connectivity index (χ1) is 13.0. The second kappa shape index (κ2) is 8.54. The molecular formula is C19H17ClFN3O2S. The van der Waals surface area contributed by atoms with E-state index in [0.29, 0.717) is 22.4 Å². The highest BCUT2D eigenvalue weighted by Crippen LogP contribution is 2.30. The number of nitrogens with one attached hydrogen (secondary N) is 1. The molecule has 0 saturated carbocycles. The Bertz CT molecular complexity index is 906. The molecular weight excluding hydrogens is 389 g/mol. The van der Waals surface area contributed by atoms with E-state index in [1.165, 1.54) is 28.8 Å². The molecule has 2 aromatic rings. The molecule has 1 atom stereocenters. The van der Waals surface area contributed by atoms with E-state index in [1.54, 1.807) is 36.4 Å². The fourth-order valence-corrected chi connectivity index (χ4v) is 3.93. The summed E-state index contributed by atoms with van der Waals surface area (Å²) in [7, 11) is 0. The fraction of sp³-hybridized carbons (Fsp3) is 0.211. The third-order valence-corrected chi connectivity index (χ3v) is 5.34. The van der Waals surface area contributed by atoms with Gasteiger partial charge >= 0.3 is 0 Å². The zero-order valence-electron chi connectivity index (χ0n) is 14.5. The number of carbonyl (C=O) groups is 2. The average molecular weight is 406 g/mol. The molecule has 27 heavy (non-hydrogen) atoms. The quantitative estimate of drug-likeness (QED) is 0.816. The summed E-state index contributed by atoms with van der Waals surface area (Å²) in [6.07, 6.45) is 0.0212. The molecule has 1 saturated heterocycles. The standard InChI is InChI=1S/C19H17ClFN3O2S/c1-2-24-17(25)11-16(18(26)23-15-9-4-3-8-14(15)21)27-19(24)22-13-7-5-6-12(20)10-13/h3-10,16H,2,11H2,1H3,(H,23,26). The molecule has 0 aliphatic carbocycles. The number of rotatable bonds is 4. The SMILES string of the molecule is CCN1C(=O)CC(C(=O)Nc2ccccc2F)SC1=Nc1cccc(Cl)c1. The van der Waals surface area contributed by atoms with Crippen LogP contribution in [0.3, 0.4) is 0 Å². The predicted octanol–water partition coefficient (Wildman–Crippen LogP) is 4.46. The van der Waals surface area contributed by atoms with Crippen molar-refractivity contribution in [2.24, 2.45) is 4.99 Å². The van der Waals surface area contributed by atoms with Gasteiger partial charge in [0.2, 0.25) is 11.8 Å². The Balaban J connectivity index is 1.83. The van der Waals surface area contributed by atoms with E-state index < -0.39 is 17.0 Å². The summed E-state index contributed by atoms with van der Waals surface area (Å²) >= 11 is 7.17. The predicted molar refractivity (Wildman–Crippen MR) is 107 cm³/mol. The molecule has 2 aromatic carbocycles. The van der Waals surface area contributed by atoms with Crippen LogP contribution in [-0.4, -0.2) is 33.7 Å². The Labute approximate surface area is 165 Å². The lowest BCUT2D eigenvalue weighted by atomic mass is 10.2. The van der Waals surface area contributed by atoms with Crippen molar-refractivity contribution in [2.45, 2.75) is 18.6 Å². The molecule has 1 unspecified atom stereocenters. The highest BCUT2D eigenvalue weighted by atomic mass is 35.5. The summed E-state index contributed by atoms with van der Waals surface area (Å²) in [5.41, 5.74) is 0.674. The Kier molecular flexibility index (Phi) is 6.13. The van der Waals surface area contributed by atoms with Crippen molar-refractivity contribution in [1.82, 2.24) is 4.90 Å². The molecule has 0 aromatic heterocycles. The number of carbonyl (C=O) groups excluding carboxylic acids is 2. The molecule has 0 bridgehead atoms. The maximum atomic E-state index is 13.8. The first kappa shape index (κ1) is 19.4. The van der Waals surface area contributed by atoms with Gasteiger partial charge in [0.05, 0.1) is 11.4 Å². The molecule has 1 aliphatic heterocycles. The Morgan fingerprint density at radius 2 is 2.11 bits per heavy atom. The van der Waals surface area contributed by atoms with E-state index in [0.717, 1.165) is 0 Å². The second-order valence-corrected chi connectivity index (χ2v) is 7.40. The Morgan fingerprint density at radius 3 is 2.81 bits per heavy atom. The first-order valence-electron chi connectivity index (χ1n) is 8.34. The van der Waals surface area contributed by atoms with Crippen molar-refractivity contribution in [2.75, 3.05) is 11.9 Å². The van der Waals surface area contributed by atoms with Gasteiger partial charge in [0.1, 0.15) is 11.1 Å². The number of amides is 2. The topological polar surface area (TPSA) is 61.8 Å². The van der Waals surface area contributed by atoms with E-state index in [4.69, 9.17) is 11.6 Å². The number of aliphatic imine (C=N–C) groups is 1. The molecule has 8 heteroatoms. The lowest BCUT2D eigenvalue weighted by Gasteiger charge is -2.30. The van der Waals surface area contributed by atoms with E-state index in [1.807, 2.05) is 6.92 Å². The van der Waals surface area contributed by atoms with Crippen LogP contribution < -0.4 is 5.32 Å². The zero-order valence-corrected chi connectivity index (χ0v) is 16.1. The van der Waals surface area contributed by atoms with Crippen LogP contribution in [0.5, 0.6) is 0 Å². The number of thioether (sulfide) groups is 1. The number of halogens is 2. The third-order valence-electron chi connectivity index (χ3n) is 3.91. The van der Waals surface area contributed by atoms with Crippen LogP contribution in [0.4, 0.5) is 15.8 Å². The number of anilines is 1. The van der Waals surface area contributed by atoms with E-state index in [-0.39, 0.29) is 18.0 Å². The van der Waals surface area contributed by atoms with Gasteiger partial charge in [-0.05, 0) is 37.3 Å². The molecule has 5 nitrogen and oxygen atoms in total. The summed E-state index contributed by atoms with van der Waals surface area (Å²) in [4.78, 5) is 31.1. The van der Waals surface area contributed by atoms with Crippen LogP contribution in [0.25, 0.3) is 0 Å². The summed E-state index contributed by atoms with van der Waals surface area (Å²) in [6, 6.07) is 12.8. The van der Waals surface area contributed by atoms with Crippen molar-refractivity contribution in [3.05, 3.63) is 59.4 Å². The van der Waals surface area contributed by atoms with Gasteiger partial charge in [-0.2, -0.15) is 0 Å². The van der Waals surface area contributed by atoms with Crippen LogP contribution in [0.1, 0.15) is 13.3 Å². The summed E-state index contributed by atoms with van der Waals surface area (Å²) < 4.78 is 13.8. The smallest absolute Gasteiger partial charge is 0.238 e. The van der Waals surface area contributed by atoms with Gasteiger partial charge in [-0.1, -0.05) is 41.6 Å². The molecule has 1 heterocycles. The van der Waals surface area contributed by atoms with Crippen molar-refractivity contribution in [3.63, 3.8) is 0 Å². The number of hydrogen-bond acceptors (Lipinski definition) is 4. The van der Waals surface area contributed by atoms with Gasteiger partial charge < -0.3 is 5.32 Å². The van der Waals surface area contributed by atoms with Gasteiger partial charge in [0.15, 0.2) is 5.17 Å². The number of benzene rings is 2. The van der Waals surface area contributed by atoms with Gasteiger partial charge in [-0.25, -0.2) is 9.38 Å². The Hall–Kier alpha value is -2.38. The minimum atomic E-state index is -0.696. The normalized spacial score (nSPS) is 18.6. The van der Waals surface area contributed by atoms with Crippen LogP contribution in [-0.2, 0) is 9.59 Å². The number of amidine groups is 1. The number of nitrogens with zero attached hydrogens (tertiary/aromatic N) is 2. The van der Waals surface area contributed by atoms with Crippen LogP contribution in [0.2, 0.25) is 5.02 Å². The summed E-state index contributed by atoms with van der Waals surface area (Å²) in [6.45, 7) is 2.28. The monoisotopic (exact) mass is 405 g/mol. The lowest BCUT2D eigenvalue weighted by molar-refractivity contribution is -0.129. The minimum Gasteiger partial charge on any atom is -0.323 e. The maximum absolute atomic E-state index is 13.8. The molecule has 3 rings (SSSR count). The first-order valence-corrected chi connectivity index (χ1v) is 9.60. The minimum absolute atomic E-state index is 0.0212. The highest BCUT2D eigenvalue weighted by Gasteiger charge is 2.35. The molecule has 0 spiro atoms. The summed E-state index contributed by atoms with van der Waals surface area (Å²) in [5.74, 6) is -1.17. The second-order valence-electron chi connectivity index (χ2n) is 5.79. The van der Waals surface area contributed by atoms with Gasteiger partial charge in [-0.15, -0.1) is 0 Å². The maximum Gasteiger partial charge on any atom is 0.238 e.